The molecule has 0 aliphatic heterocycles. The summed E-state index contributed by atoms with van der Waals surface area (Å²) in [5, 5.41) is 13.6. The van der Waals surface area contributed by atoms with E-state index in [4.69, 9.17) is 0 Å². The number of benzene rings is 2. The van der Waals surface area contributed by atoms with E-state index in [1.54, 1.807) is 6.07 Å². The van der Waals surface area contributed by atoms with Gasteiger partial charge in [-0.1, -0.05) is 18.2 Å². The zero-order valence-electron chi connectivity index (χ0n) is 12.4. The number of rotatable bonds is 4. The van der Waals surface area contributed by atoms with Crippen molar-refractivity contribution in [3.63, 3.8) is 0 Å². The summed E-state index contributed by atoms with van der Waals surface area (Å²) in [6.45, 7) is 2.15. The second-order valence-corrected chi connectivity index (χ2v) is 5.16. The van der Waals surface area contributed by atoms with Crippen molar-refractivity contribution in [2.24, 2.45) is 0 Å². The van der Waals surface area contributed by atoms with E-state index in [1.165, 1.54) is 18.2 Å². The van der Waals surface area contributed by atoms with Crippen molar-refractivity contribution in [3.8, 4) is 0 Å². The van der Waals surface area contributed by atoms with Crippen LogP contribution in [-0.4, -0.2) is 20.8 Å². The van der Waals surface area contributed by atoms with E-state index < -0.39 is 10.8 Å². The molecule has 116 valence electrons. The van der Waals surface area contributed by atoms with Crippen molar-refractivity contribution in [1.82, 2.24) is 15.3 Å². The molecule has 7 nitrogen and oxygen atoms in total. The van der Waals surface area contributed by atoms with Crippen LogP contribution >= 0.6 is 0 Å². The summed E-state index contributed by atoms with van der Waals surface area (Å²) in [6.07, 6.45) is 0. The maximum atomic E-state index is 12.2. The van der Waals surface area contributed by atoms with Crippen LogP contribution in [0.4, 0.5) is 5.69 Å². The molecule has 1 aromatic heterocycles. The van der Waals surface area contributed by atoms with E-state index in [2.05, 4.69) is 15.3 Å². The molecule has 0 radical (unpaired) electrons. The number of aromatic amines is 1. The van der Waals surface area contributed by atoms with Crippen molar-refractivity contribution in [2.75, 3.05) is 0 Å². The highest BCUT2D eigenvalue weighted by Gasteiger charge is 2.19. The molecule has 3 rings (SSSR count). The molecular weight excluding hydrogens is 296 g/mol. The zero-order valence-corrected chi connectivity index (χ0v) is 12.4. The molecule has 23 heavy (non-hydrogen) atoms. The molecule has 2 aromatic carbocycles. The number of fused-ring (bicyclic) bond motifs is 1. The number of nitro benzene ring substituents is 1. The van der Waals surface area contributed by atoms with Crippen LogP contribution in [0.15, 0.2) is 42.5 Å². The van der Waals surface area contributed by atoms with Crippen molar-refractivity contribution < 1.29 is 9.72 Å². The molecule has 0 aliphatic rings. The number of hydrogen-bond acceptors (Lipinski definition) is 4. The van der Waals surface area contributed by atoms with Gasteiger partial charge in [0, 0.05) is 6.07 Å². The molecule has 7 heteroatoms. The lowest BCUT2D eigenvalue weighted by Gasteiger charge is -2.03. The van der Waals surface area contributed by atoms with E-state index in [1.807, 2.05) is 25.1 Å². The van der Waals surface area contributed by atoms with Gasteiger partial charge >= 0.3 is 0 Å². The molecule has 1 heterocycles. The first kappa shape index (κ1) is 14.7. The summed E-state index contributed by atoms with van der Waals surface area (Å²) < 4.78 is 0. The predicted molar refractivity (Wildman–Crippen MR) is 85.1 cm³/mol. The Morgan fingerprint density at radius 1 is 1.30 bits per heavy atom. The number of nitro groups is 1. The standard InChI is InChI=1S/C16H14N4O3/c1-10-6-7-12-13(8-10)19-15(18-12)9-17-16(21)11-4-2-3-5-14(11)20(22)23/h2-8H,9H2,1H3,(H,17,21)(H,18,19). The van der Waals surface area contributed by atoms with Gasteiger partial charge in [-0.15, -0.1) is 0 Å². The molecule has 0 saturated carbocycles. The number of nitrogens with zero attached hydrogens (tertiary/aromatic N) is 2. The smallest absolute Gasteiger partial charge is 0.282 e. The van der Waals surface area contributed by atoms with Crippen LogP contribution in [0.5, 0.6) is 0 Å². The Bertz CT molecular complexity index is 901. The van der Waals surface area contributed by atoms with E-state index in [-0.39, 0.29) is 17.8 Å². The van der Waals surface area contributed by atoms with Gasteiger partial charge in [0.2, 0.25) is 0 Å². The second-order valence-electron chi connectivity index (χ2n) is 5.16. The molecule has 0 bridgehead atoms. The van der Waals surface area contributed by atoms with Crippen LogP contribution in [0.2, 0.25) is 0 Å². The minimum absolute atomic E-state index is 0.0319. The lowest BCUT2D eigenvalue weighted by atomic mass is 10.1. The summed E-state index contributed by atoms with van der Waals surface area (Å²) in [4.78, 5) is 30.0. The fraction of sp³-hybridized carbons (Fsp3) is 0.125. The van der Waals surface area contributed by atoms with Crippen molar-refractivity contribution in [1.29, 1.82) is 0 Å². The number of aromatic nitrogens is 2. The molecule has 0 saturated heterocycles. The SMILES string of the molecule is Cc1ccc2nc(CNC(=O)c3ccccc3[N+](=O)[O-])[nH]c2c1. The molecule has 3 aromatic rings. The zero-order chi connectivity index (χ0) is 16.4. The molecule has 0 aliphatic carbocycles. The third-order valence-corrected chi connectivity index (χ3v) is 3.45. The average molecular weight is 310 g/mol. The molecule has 0 unspecified atom stereocenters. The Balaban J connectivity index is 1.77. The van der Waals surface area contributed by atoms with E-state index in [0.717, 1.165) is 16.6 Å². The third kappa shape index (κ3) is 3.03. The van der Waals surface area contributed by atoms with Gasteiger partial charge in [-0.05, 0) is 30.7 Å². The molecule has 0 spiro atoms. The largest absolute Gasteiger partial charge is 0.345 e. The van der Waals surface area contributed by atoms with Crippen molar-refractivity contribution in [2.45, 2.75) is 13.5 Å². The van der Waals surface area contributed by atoms with Gasteiger partial charge in [-0.2, -0.15) is 0 Å². The van der Waals surface area contributed by atoms with Crippen LogP contribution in [0, 0.1) is 17.0 Å². The number of nitrogens with one attached hydrogen (secondary N) is 2. The highest BCUT2D eigenvalue weighted by Crippen LogP contribution is 2.18. The second kappa shape index (κ2) is 5.88. The maximum Gasteiger partial charge on any atom is 0.282 e. The van der Waals surface area contributed by atoms with Gasteiger partial charge in [0.1, 0.15) is 11.4 Å². The molecule has 0 fully saturated rings. The normalized spacial score (nSPS) is 10.7. The van der Waals surface area contributed by atoms with E-state index in [0.29, 0.717) is 5.82 Å². The number of imidazole rings is 1. The minimum atomic E-state index is -0.571. The van der Waals surface area contributed by atoms with Crippen molar-refractivity contribution >= 4 is 22.6 Å². The van der Waals surface area contributed by atoms with Crippen LogP contribution < -0.4 is 5.32 Å². The van der Waals surface area contributed by atoms with Crippen LogP contribution in [0.25, 0.3) is 11.0 Å². The fourth-order valence-corrected chi connectivity index (χ4v) is 2.34. The Kier molecular flexibility index (Phi) is 3.76. The Morgan fingerprint density at radius 3 is 2.87 bits per heavy atom. The first-order valence-electron chi connectivity index (χ1n) is 7.01. The molecule has 2 N–H and O–H groups in total. The first-order chi connectivity index (χ1) is 11.0. The maximum absolute atomic E-state index is 12.2. The first-order valence-corrected chi connectivity index (χ1v) is 7.01. The summed E-state index contributed by atoms with van der Waals surface area (Å²) in [5.74, 6) is 0.0893. The van der Waals surface area contributed by atoms with Crippen LogP contribution in [0.3, 0.4) is 0 Å². The summed E-state index contributed by atoms with van der Waals surface area (Å²) in [7, 11) is 0. The Labute approximate surface area is 131 Å². The highest BCUT2D eigenvalue weighted by molar-refractivity contribution is 5.98. The number of hydrogen-bond donors (Lipinski definition) is 2. The fourth-order valence-electron chi connectivity index (χ4n) is 2.34. The Morgan fingerprint density at radius 2 is 2.09 bits per heavy atom. The summed E-state index contributed by atoms with van der Waals surface area (Å²) in [5.41, 5.74) is 2.62. The predicted octanol–water partition coefficient (Wildman–Crippen LogP) is 2.71. The lowest BCUT2D eigenvalue weighted by Crippen LogP contribution is -2.24. The lowest BCUT2D eigenvalue weighted by molar-refractivity contribution is -0.385. The van der Waals surface area contributed by atoms with E-state index >= 15 is 0 Å². The summed E-state index contributed by atoms with van der Waals surface area (Å²) in [6, 6.07) is 11.7. The highest BCUT2D eigenvalue weighted by atomic mass is 16.6. The molecule has 0 atom stereocenters. The van der Waals surface area contributed by atoms with Crippen LogP contribution in [-0.2, 0) is 6.54 Å². The number of para-hydroxylation sites is 1. The average Bonchev–Trinajstić information content (AvgIpc) is 2.94. The van der Waals surface area contributed by atoms with Gasteiger partial charge < -0.3 is 10.3 Å². The monoisotopic (exact) mass is 310 g/mol. The molecular formula is C16H14N4O3. The molecule has 1 amide bonds. The van der Waals surface area contributed by atoms with Gasteiger partial charge in [0.15, 0.2) is 0 Å². The van der Waals surface area contributed by atoms with E-state index in [9.17, 15) is 14.9 Å². The number of amides is 1. The van der Waals surface area contributed by atoms with Gasteiger partial charge in [0.25, 0.3) is 11.6 Å². The number of carbonyl (C=O) groups excluding carboxylic acids is 1. The number of aryl methyl sites for hydroxylation is 1. The van der Waals surface area contributed by atoms with Gasteiger partial charge in [-0.25, -0.2) is 4.98 Å². The third-order valence-electron chi connectivity index (χ3n) is 3.45. The number of carbonyl (C=O) groups is 1. The van der Waals surface area contributed by atoms with Crippen molar-refractivity contribution in [3.05, 3.63) is 69.5 Å². The van der Waals surface area contributed by atoms with Gasteiger partial charge in [-0.3, -0.25) is 14.9 Å². The minimum Gasteiger partial charge on any atom is -0.345 e. The Hall–Kier alpha value is -3.22. The summed E-state index contributed by atoms with van der Waals surface area (Å²) >= 11 is 0. The van der Waals surface area contributed by atoms with Crippen LogP contribution in [0.1, 0.15) is 21.7 Å². The number of H-pyrrole nitrogens is 1. The van der Waals surface area contributed by atoms with Gasteiger partial charge in [0.05, 0.1) is 22.5 Å². The topological polar surface area (TPSA) is 101 Å². The quantitative estimate of drug-likeness (QED) is 0.571.